The van der Waals surface area contributed by atoms with Crippen molar-refractivity contribution < 1.29 is 9.53 Å². The van der Waals surface area contributed by atoms with Gasteiger partial charge in [-0.3, -0.25) is 4.79 Å². The van der Waals surface area contributed by atoms with E-state index < -0.39 is 0 Å². The zero-order chi connectivity index (χ0) is 17.0. The molecule has 1 amide bonds. The molecule has 0 saturated carbocycles. The Kier molecular flexibility index (Phi) is 5.43. The molecular formula is C20H25NO2. The molecule has 23 heavy (non-hydrogen) atoms. The van der Waals surface area contributed by atoms with E-state index in [1.165, 1.54) is 11.1 Å². The predicted molar refractivity (Wildman–Crippen MR) is 94.3 cm³/mol. The minimum atomic E-state index is -0.0650. The van der Waals surface area contributed by atoms with Crippen LogP contribution in [0.5, 0.6) is 5.75 Å². The summed E-state index contributed by atoms with van der Waals surface area (Å²) in [6, 6.07) is 11.8. The van der Waals surface area contributed by atoms with Crippen LogP contribution in [0.25, 0.3) is 0 Å². The van der Waals surface area contributed by atoms with E-state index in [0.717, 1.165) is 16.9 Å². The quantitative estimate of drug-likeness (QED) is 0.902. The van der Waals surface area contributed by atoms with Gasteiger partial charge in [-0.2, -0.15) is 0 Å². The molecule has 0 aromatic heterocycles. The largest absolute Gasteiger partial charge is 0.491 e. The molecule has 0 aliphatic carbocycles. The van der Waals surface area contributed by atoms with Gasteiger partial charge >= 0.3 is 0 Å². The summed E-state index contributed by atoms with van der Waals surface area (Å²) in [5.74, 6) is 0.777. The van der Waals surface area contributed by atoms with Gasteiger partial charge in [0.05, 0.1) is 6.04 Å². The molecule has 1 N–H and O–H groups in total. The average molecular weight is 311 g/mol. The molecule has 0 fully saturated rings. The van der Waals surface area contributed by atoms with Crippen molar-refractivity contribution in [2.24, 2.45) is 0 Å². The van der Waals surface area contributed by atoms with Gasteiger partial charge in [0.2, 0.25) is 0 Å². The number of amides is 1. The maximum atomic E-state index is 12.3. The van der Waals surface area contributed by atoms with Crippen molar-refractivity contribution in [2.45, 2.75) is 40.7 Å². The number of ether oxygens (including phenoxy) is 1. The van der Waals surface area contributed by atoms with Crippen molar-refractivity contribution in [1.82, 2.24) is 5.32 Å². The summed E-state index contributed by atoms with van der Waals surface area (Å²) in [4.78, 5) is 12.3. The van der Waals surface area contributed by atoms with Gasteiger partial charge in [0.15, 0.2) is 0 Å². The van der Waals surface area contributed by atoms with Gasteiger partial charge in [-0.15, -0.1) is 0 Å². The fourth-order valence-electron chi connectivity index (χ4n) is 2.44. The Morgan fingerprint density at radius 3 is 2.39 bits per heavy atom. The molecule has 0 spiro atoms. The third-order valence-electron chi connectivity index (χ3n) is 3.98. The minimum absolute atomic E-state index is 0.0568. The SMILES string of the molecule is Cc1ccc(C(=O)NC(C)COc2ccc(C)c(C)c2)c(C)c1. The van der Waals surface area contributed by atoms with Gasteiger partial charge in [-0.1, -0.05) is 23.8 Å². The summed E-state index contributed by atoms with van der Waals surface area (Å²) >= 11 is 0. The number of hydrogen-bond donors (Lipinski definition) is 1. The number of nitrogens with one attached hydrogen (secondary N) is 1. The number of aryl methyl sites for hydroxylation is 4. The Balaban J connectivity index is 1.92. The van der Waals surface area contributed by atoms with Crippen molar-refractivity contribution in [1.29, 1.82) is 0 Å². The first kappa shape index (κ1) is 17.1. The molecule has 1 atom stereocenters. The molecule has 0 saturated heterocycles. The predicted octanol–water partition coefficient (Wildman–Crippen LogP) is 4.12. The normalized spacial score (nSPS) is 11.9. The fourth-order valence-corrected chi connectivity index (χ4v) is 2.44. The Bertz CT molecular complexity index is 707. The van der Waals surface area contributed by atoms with Crippen molar-refractivity contribution >= 4 is 5.91 Å². The second-order valence-corrected chi connectivity index (χ2v) is 6.25. The average Bonchev–Trinajstić information content (AvgIpc) is 2.48. The molecule has 2 rings (SSSR count). The molecule has 0 bridgehead atoms. The van der Waals surface area contributed by atoms with Crippen LogP contribution in [-0.4, -0.2) is 18.6 Å². The van der Waals surface area contributed by atoms with Crippen LogP contribution in [-0.2, 0) is 0 Å². The third kappa shape index (κ3) is 4.59. The number of carbonyl (C=O) groups is 1. The van der Waals surface area contributed by atoms with Crippen LogP contribution >= 0.6 is 0 Å². The van der Waals surface area contributed by atoms with E-state index in [1.807, 2.05) is 57.2 Å². The fraction of sp³-hybridized carbons (Fsp3) is 0.350. The van der Waals surface area contributed by atoms with Crippen LogP contribution in [0.1, 0.15) is 39.5 Å². The number of rotatable bonds is 5. The Labute approximate surface area is 138 Å². The molecule has 0 aliphatic heterocycles. The molecule has 3 nitrogen and oxygen atoms in total. The van der Waals surface area contributed by atoms with Gasteiger partial charge in [-0.25, -0.2) is 0 Å². The highest BCUT2D eigenvalue weighted by atomic mass is 16.5. The van der Waals surface area contributed by atoms with Gasteiger partial charge in [0, 0.05) is 5.56 Å². The highest BCUT2D eigenvalue weighted by molar-refractivity contribution is 5.95. The van der Waals surface area contributed by atoms with Crippen LogP contribution in [0.2, 0.25) is 0 Å². The van der Waals surface area contributed by atoms with Crippen LogP contribution in [0.3, 0.4) is 0 Å². The summed E-state index contributed by atoms with van der Waals surface area (Å²) in [5, 5.41) is 2.99. The lowest BCUT2D eigenvalue weighted by Crippen LogP contribution is -2.37. The van der Waals surface area contributed by atoms with E-state index in [-0.39, 0.29) is 11.9 Å². The first-order valence-electron chi connectivity index (χ1n) is 7.95. The number of benzene rings is 2. The standard InChI is InChI=1S/C20H25NO2/c1-13-6-9-19(16(4)10-13)20(22)21-17(5)12-23-18-8-7-14(2)15(3)11-18/h6-11,17H,12H2,1-5H3,(H,21,22). The van der Waals surface area contributed by atoms with Crippen molar-refractivity contribution in [3.05, 3.63) is 64.2 Å². The van der Waals surface area contributed by atoms with Crippen molar-refractivity contribution in [2.75, 3.05) is 6.61 Å². The molecular weight excluding hydrogens is 286 g/mol. The van der Waals surface area contributed by atoms with Crippen LogP contribution in [0.15, 0.2) is 36.4 Å². The Hall–Kier alpha value is -2.29. The van der Waals surface area contributed by atoms with Gasteiger partial charge in [-0.05, 0) is 69.5 Å². The second kappa shape index (κ2) is 7.32. The van der Waals surface area contributed by atoms with Crippen LogP contribution in [0, 0.1) is 27.7 Å². The number of carbonyl (C=O) groups excluding carboxylic acids is 1. The summed E-state index contributed by atoms with van der Waals surface area (Å²) in [6.07, 6.45) is 0. The van der Waals surface area contributed by atoms with E-state index in [9.17, 15) is 4.79 Å². The highest BCUT2D eigenvalue weighted by Gasteiger charge is 2.12. The van der Waals surface area contributed by atoms with E-state index >= 15 is 0 Å². The maximum absolute atomic E-state index is 12.3. The molecule has 2 aromatic carbocycles. The topological polar surface area (TPSA) is 38.3 Å². The van der Waals surface area contributed by atoms with Crippen LogP contribution < -0.4 is 10.1 Å². The Morgan fingerprint density at radius 1 is 1.00 bits per heavy atom. The summed E-state index contributed by atoms with van der Waals surface area (Å²) in [6.45, 7) is 10.5. The first-order chi connectivity index (χ1) is 10.9. The molecule has 0 aliphatic rings. The lowest BCUT2D eigenvalue weighted by Gasteiger charge is -2.16. The van der Waals surface area contributed by atoms with Crippen LogP contribution in [0.4, 0.5) is 0 Å². The molecule has 3 heteroatoms. The van der Waals surface area contributed by atoms with Gasteiger partial charge in [0.1, 0.15) is 12.4 Å². The molecule has 122 valence electrons. The summed E-state index contributed by atoms with van der Waals surface area (Å²) in [7, 11) is 0. The monoisotopic (exact) mass is 311 g/mol. The Morgan fingerprint density at radius 2 is 1.74 bits per heavy atom. The lowest BCUT2D eigenvalue weighted by atomic mass is 10.1. The van der Waals surface area contributed by atoms with E-state index in [0.29, 0.717) is 12.2 Å². The zero-order valence-corrected chi connectivity index (χ0v) is 14.6. The third-order valence-corrected chi connectivity index (χ3v) is 3.98. The van der Waals surface area contributed by atoms with Crippen molar-refractivity contribution in [3.8, 4) is 5.75 Å². The summed E-state index contributed by atoms with van der Waals surface area (Å²) in [5.41, 5.74) is 5.31. The van der Waals surface area contributed by atoms with Crippen molar-refractivity contribution in [3.63, 3.8) is 0 Å². The second-order valence-electron chi connectivity index (χ2n) is 6.25. The molecule has 1 unspecified atom stereocenters. The minimum Gasteiger partial charge on any atom is -0.491 e. The maximum Gasteiger partial charge on any atom is 0.251 e. The number of hydrogen-bond acceptors (Lipinski definition) is 2. The summed E-state index contributed by atoms with van der Waals surface area (Å²) < 4.78 is 5.78. The highest BCUT2D eigenvalue weighted by Crippen LogP contribution is 2.16. The van der Waals surface area contributed by atoms with E-state index in [4.69, 9.17) is 4.74 Å². The molecule has 0 heterocycles. The molecule has 2 aromatic rings. The first-order valence-corrected chi connectivity index (χ1v) is 7.95. The van der Waals surface area contributed by atoms with Gasteiger partial charge < -0.3 is 10.1 Å². The smallest absolute Gasteiger partial charge is 0.251 e. The zero-order valence-electron chi connectivity index (χ0n) is 14.6. The molecule has 0 radical (unpaired) electrons. The van der Waals surface area contributed by atoms with E-state index in [1.54, 1.807) is 0 Å². The van der Waals surface area contributed by atoms with E-state index in [2.05, 4.69) is 19.2 Å². The lowest BCUT2D eigenvalue weighted by molar-refractivity contribution is 0.0926. The van der Waals surface area contributed by atoms with Gasteiger partial charge in [0.25, 0.3) is 5.91 Å².